The SMILES string of the molecule is CCCCCCCC(=O)[O-].CCCCCCCC(=O)[O-].CCCCCCCC(=O)[O-].CCCCCCCC(=O)[O-].[Si+4]. The number of carboxylic acid groups (broad SMARTS) is 4. The molecule has 0 saturated carbocycles. The Bertz CT molecular complexity index is 460. The van der Waals surface area contributed by atoms with Crippen molar-refractivity contribution in [3.05, 3.63) is 0 Å². The quantitative estimate of drug-likeness (QED) is 0.119. The molecule has 0 aromatic carbocycles. The van der Waals surface area contributed by atoms with Crippen molar-refractivity contribution in [1.29, 1.82) is 0 Å². The van der Waals surface area contributed by atoms with Crippen LogP contribution in [0.2, 0.25) is 0 Å². The summed E-state index contributed by atoms with van der Waals surface area (Å²) in [6.45, 7) is 8.55. The van der Waals surface area contributed by atoms with Crippen molar-refractivity contribution >= 4 is 34.8 Å². The Labute approximate surface area is 256 Å². The van der Waals surface area contributed by atoms with E-state index in [1.807, 2.05) is 0 Å². The second-order valence-electron chi connectivity index (χ2n) is 10.1. The van der Waals surface area contributed by atoms with E-state index in [-0.39, 0.29) is 36.6 Å². The average molecular weight is 601 g/mol. The summed E-state index contributed by atoms with van der Waals surface area (Å²) in [6, 6.07) is 0. The van der Waals surface area contributed by atoms with Crippen LogP contribution in [0.3, 0.4) is 0 Å². The molecule has 0 aliphatic rings. The molecule has 0 unspecified atom stereocenters. The third kappa shape index (κ3) is 72.9. The van der Waals surface area contributed by atoms with E-state index in [9.17, 15) is 39.6 Å². The monoisotopic (exact) mass is 600 g/mol. The van der Waals surface area contributed by atoms with Crippen molar-refractivity contribution in [2.45, 2.75) is 182 Å². The van der Waals surface area contributed by atoms with Gasteiger partial charge in [0, 0.05) is 23.9 Å². The number of carboxylic acids is 4. The first kappa shape index (κ1) is 48.8. The van der Waals surface area contributed by atoms with E-state index in [4.69, 9.17) is 0 Å². The van der Waals surface area contributed by atoms with Crippen molar-refractivity contribution in [2.24, 2.45) is 0 Å². The maximum atomic E-state index is 9.92. The van der Waals surface area contributed by atoms with Crippen molar-refractivity contribution in [2.75, 3.05) is 0 Å². The summed E-state index contributed by atoms with van der Waals surface area (Å²) >= 11 is 0. The van der Waals surface area contributed by atoms with Crippen LogP contribution < -0.4 is 20.4 Å². The zero-order valence-electron chi connectivity index (χ0n) is 26.7. The molecule has 0 N–H and O–H groups in total. The van der Waals surface area contributed by atoms with Gasteiger partial charge < -0.3 is 39.6 Å². The Morgan fingerprint density at radius 1 is 0.317 bits per heavy atom. The Morgan fingerprint density at radius 2 is 0.463 bits per heavy atom. The minimum Gasteiger partial charge on any atom is -0.550 e. The van der Waals surface area contributed by atoms with Crippen molar-refractivity contribution in [3.8, 4) is 0 Å². The van der Waals surface area contributed by atoms with E-state index < -0.39 is 23.9 Å². The Balaban J connectivity index is -0.000000139. The van der Waals surface area contributed by atoms with Gasteiger partial charge in [-0.2, -0.15) is 0 Å². The first-order valence-corrected chi connectivity index (χ1v) is 15.9. The summed E-state index contributed by atoms with van der Waals surface area (Å²) in [5, 5.41) is 39.7. The fourth-order valence-electron chi connectivity index (χ4n) is 3.49. The first-order chi connectivity index (χ1) is 19.1. The van der Waals surface area contributed by atoms with Gasteiger partial charge in [0.15, 0.2) is 0 Å². The van der Waals surface area contributed by atoms with Crippen LogP contribution in [0.5, 0.6) is 0 Å². The summed E-state index contributed by atoms with van der Waals surface area (Å²) < 4.78 is 0. The van der Waals surface area contributed by atoms with Crippen LogP contribution in [0, 0.1) is 0 Å². The molecule has 8 nitrogen and oxygen atoms in total. The first-order valence-electron chi connectivity index (χ1n) is 15.9. The Morgan fingerprint density at radius 3 is 0.585 bits per heavy atom. The average Bonchev–Trinajstić information content (AvgIpc) is 2.89. The van der Waals surface area contributed by atoms with E-state index in [2.05, 4.69) is 27.7 Å². The third-order valence-corrected chi connectivity index (χ3v) is 5.94. The maximum Gasteiger partial charge on any atom is 4.00 e. The van der Waals surface area contributed by atoms with Gasteiger partial charge in [-0.25, -0.2) is 0 Å². The van der Waals surface area contributed by atoms with Crippen LogP contribution in [-0.4, -0.2) is 34.8 Å². The summed E-state index contributed by atoms with van der Waals surface area (Å²) in [5.41, 5.74) is 0. The molecular formula is C32H60O8Si. The zero-order valence-corrected chi connectivity index (χ0v) is 27.7. The summed E-state index contributed by atoms with van der Waals surface area (Å²) in [6.07, 6.45) is 22.4. The van der Waals surface area contributed by atoms with Gasteiger partial charge in [0.2, 0.25) is 0 Å². The molecule has 0 amide bonds. The Hall–Kier alpha value is -1.90. The van der Waals surface area contributed by atoms with E-state index in [0.717, 1.165) is 77.0 Å². The van der Waals surface area contributed by atoms with E-state index in [1.165, 1.54) is 51.4 Å². The van der Waals surface area contributed by atoms with Gasteiger partial charge in [-0.15, -0.1) is 0 Å². The van der Waals surface area contributed by atoms with Crippen LogP contribution in [0.1, 0.15) is 182 Å². The van der Waals surface area contributed by atoms with Gasteiger partial charge >= 0.3 is 11.0 Å². The molecular weight excluding hydrogens is 540 g/mol. The zero-order chi connectivity index (χ0) is 31.3. The van der Waals surface area contributed by atoms with E-state index in [0.29, 0.717) is 0 Å². The molecule has 240 valence electrons. The molecule has 0 heterocycles. The molecule has 0 saturated heterocycles. The molecule has 0 aromatic heterocycles. The molecule has 0 aliphatic carbocycles. The van der Waals surface area contributed by atoms with Gasteiger partial charge in [-0.3, -0.25) is 0 Å². The summed E-state index contributed by atoms with van der Waals surface area (Å²) in [5.74, 6) is -3.68. The molecule has 0 aliphatic heterocycles. The fraction of sp³-hybridized carbons (Fsp3) is 0.875. The summed E-state index contributed by atoms with van der Waals surface area (Å²) in [7, 11) is 0. The van der Waals surface area contributed by atoms with Crippen molar-refractivity contribution in [1.82, 2.24) is 0 Å². The number of carbonyl (C=O) groups is 4. The maximum absolute atomic E-state index is 9.92. The number of carbonyl (C=O) groups excluding carboxylic acids is 4. The minimum absolute atomic E-state index is 0. The largest absolute Gasteiger partial charge is 4.00 e. The van der Waals surface area contributed by atoms with Crippen LogP contribution in [-0.2, 0) is 19.2 Å². The predicted octanol–water partition coefficient (Wildman–Crippen LogP) is 4.01. The van der Waals surface area contributed by atoms with Crippen molar-refractivity contribution < 1.29 is 39.6 Å². The van der Waals surface area contributed by atoms with Gasteiger partial charge in [0.25, 0.3) is 0 Å². The van der Waals surface area contributed by atoms with Gasteiger partial charge in [-0.05, 0) is 51.4 Å². The molecule has 41 heavy (non-hydrogen) atoms. The van der Waals surface area contributed by atoms with Crippen LogP contribution >= 0.6 is 0 Å². The number of rotatable bonds is 24. The predicted molar refractivity (Wildman–Crippen MR) is 159 cm³/mol. The molecule has 0 aromatic rings. The van der Waals surface area contributed by atoms with Gasteiger partial charge in [0.1, 0.15) is 0 Å². The fourth-order valence-corrected chi connectivity index (χ4v) is 3.49. The Kier molecular flexibility index (Phi) is 53.7. The van der Waals surface area contributed by atoms with Crippen LogP contribution in [0.15, 0.2) is 0 Å². The van der Waals surface area contributed by atoms with Crippen LogP contribution in [0.25, 0.3) is 0 Å². The number of hydrogen-bond donors (Lipinski definition) is 0. The van der Waals surface area contributed by atoms with Crippen molar-refractivity contribution in [3.63, 3.8) is 0 Å². The molecule has 0 radical (unpaired) electrons. The molecule has 0 rings (SSSR count). The number of hydrogen-bond acceptors (Lipinski definition) is 8. The molecule has 0 fully saturated rings. The second kappa shape index (κ2) is 45.1. The minimum atomic E-state index is -0.920. The number of aliphatic carboxylic acids is 4. The third-order valence-electron chi connectivity index (χ3n) is 5.94. The molecule has 0 bridgehead atoms. The van der Waals surface area contributed by atoms with Gasteiger partial charge in [-0.1, -0.05) is 130 Å². The topological polar surface area (TPSA) is 161 Å². The molecule has 0 atom stereocenters. The summed E-state index contributed by atoms with van der Waals surface area (Å²) in [4.78, 5) is 39.7. The molecule has 9 heteroatoms. The van der Waals surface area contributed by atoms with Crippen LogP contribution in [0.4, 0.5) is 0 Å². The number of unbranched alkanes of at least 4 members (excludes halogenated alkanes) is 16. The normalized spacial score (nSPS) is 9.46. The van der Waals surface area contributed by atoms with E-state index >= 15 is 0 Å². The van der Waals surface area contributed by atoms with E-state index in [1.54, 1.807) is 0 Å². The standard InChI is InChI=1S/4C8H16O2.Si/c4*1-2-3-4-5-6-7-8(9)10;/h4*2-7H2,1H3,(H,9,10);/q;;;;+4/p-4. The smallest absolute Gasteiger partial charge is 0.550 e. The molecule has 0 spiro atoms. The second-order valence-corrected chi connectivity index (χ2v) is 10.1. The van der Waals surface area contributed by atoms with Gasteiger partial charge in [0.05, 0.1) is 0 Å².